The van der Waals surface area contributed by atoms with Gasteiger partial charge in [0.1, 0.15) is 0 Å². The molecule has 0 fully saturated rings. The van der Waals surface area contributed by atoms with Crippen LogP contribution < -0.4 is 5.73 Å². The fraction of sp³-hybridized carbons (Fsp3) is 0.0769. The lowest BCUT2D eigenvalue weighted by Crippen LogP contribution is -2.06. The topological polar surface area (TPSA) is 60.2 Å². The Balaban J connectivity index is 2.41. The van der Waals surface area contributed by atoms with Crippen molar-refractivity contribution in [3.63, 3.8) is 0 Å². The van der Waals surface area contributed by atoms with E-state index >= 15 is 0 Å². The summed E-state index contributed by atoms with van der Waals surface area (Å²) in [5, 5.41) is 0.532. The predicted octanol–water partition coefficient (Wildman–Crippen LogP) is 3.55. The van der Waals surface area contributed by atoms with E-state index in [9.17, 15) is 8.42 Å². The van der Waals surface area contributed by atoms with Gasteiger partial charge in [-0.05, 0) is 29.8 Å². The first kappa shape index (κ1) is 14.2. The predicted molar refractivity (Wildman–Crippen MR) is 78.2 cm³/mol. The normalized spacial score (nSPS) is 11.5. The third-order valence-corrected chi connectivity index (χ3v) is 5.11. The van der Waals surface area contributed by atoms with E-state index in [1.165, 1.54) is 18.2 Å². The van der Waals surface area contributed by atoms with Crippen LogP contribution in [0.15, 0.2) is 47.4 Å². The molecule has 0 saturated heterocycles. The fourth-order valence-corrected chi connectivity index (χ4v) is 3.94. The maximum atomic E-state index is 12.3. The number of nitrogen functional groups attached to an aromatic ring is 1. The van der Waals surface area contributed by atoms with Crippen LogP contribution in [0, 0.1) is 0 Å². The number of benzene rings is 2. The summed E-state index contributed by atoms with van der Waals surface area (Å²) in [6.07, 6.45) is 0. The molecule has 2 aromatic carbocycles. The third-order valence-electron chi connectivity index (χ3n) is 2.59. The first-order valence-corrected chi connectivity index (χ1v) is 7.82. The Labute approximate surface area is 121 Å². The first-order valence-electron chi connectivity index (χ1n) is 5.41. The van der Waals surface area contributed by atoms with E-state index in [0.717, 1.165) is 0 Å². The number of anilines is 1. The van der Waals surface area contributed by atoms with Gasteiger partial charge in [-0.2, -0.15) is 0 Å². The van der Waals surface area contributed by atoms with Crippen molar-refractivity contribution in [2.24, 2.45) is 0 Å². The van der Waals surface area contributed by atoms with Gasteiger partial charge in [0.15, 0.2) is 9.84 Å². The molecule has 2 N–H and O–H groups in total. The molecule has 0 atom stereocenters. The zero-order chi connectivity index (χ0) is 14.0. The Morgan fingerprint density at radius 1 is 1.00 bits per heavy atom. The lowest BCUT2D eigenvalue weighted by atomic mass is 10.2. The Kier molecular flexibility index (Phi) is 4.04. The largest absolute Gasteiger partial charge is 0.399 e. The number of nitrogens with two attached hydrogens (primary N) is 1. The summed E-state index contributed by atoms with van der Waals surface area (Å²) in [6, 6.07) is 11.1. The van der Waals surface area contributed by atoms with E-state index in [1.807, 2.05) is 0 Å². The molecule has 19 heavy (non-hydrogen) atoms. The molecular formula is C13H11Cl2NO2S. The molecule has 0 heterocycles. The first-order chi connectivity index (χ1) is 8.90. The minimum Gasteiger partial charge on any atom is -0.399 e. The number of halogens is 2. The van der Waals surface area contributed by atoms with Crippen molar-refractivity contribution < 1.29 is 8.42 Å². The quantitative estimate of drug-likeness (QED) is 0.881. The third kappa shape index (κ3) is 3.21. The lowest BCUT2D eigenvalue weighted by molar-refractivity contribution is 0.595. The standard InChI is InChI=1S/C13H11Cl2NO2S/c14-11-4-2-1-3-9(11)8-19(17,18)13-6-5-10(16)7-12(13)15/h1-7H,8,16H2. The zero-order valence-corrected chi connectivity index (χ0v) is 12.1. The minimum atomic E-state index is -3.56. The highest BCUT2D eigenvalue weighted by Gasteiger charge is 2.20. The second-order valence-corrected chi connectivity index (χ2v) is 6.81. The molecule has 0 aliphatic heterocycles. The zero-order valence-electron chi connectivity index (χ0n) is 9.81. The molecule has 2 rings (SSSR count). The molecular weight excluding hydrogens is 305 g/mol. The Bertz CT molecular complexity index is 714. The molecule has 100 valence electrons. The second kappa shape index (κ2) is 5.41. The Morgan fingerprint density at radius 2 is 1.68 bits per heavy atom. The number of hydrogen-bond acceptors (Lipinski definition) is 3. The van der Waals surface area contributed by atoms with Gasteiger partial charge >= 0.3 is 0 Å². The van der Waals surface area contributed by atoms with Crippen LogP contribution in [0.2, 0.25) is 10.0 Å². The van der Waals surface area contributed by atoms with Crippen molar-refractivity contribution in [2.45, 2.75) is 10.6 Å². The van der Waals surface area contributed by atoms with Crippen LogP contribution in [0.25, 0.3) is 0 Å². The van der Waals surface area contributed by atoms with Gasteiger partial charge in [-0.15, -0.1) is 0 Å². The minimum absolute atomic E-state index is 0.0586. The van der Waals surface area contributed by atoms with Crippen LogP contribution in [0.3, 0.4) is 0 Å². The van der Waals surface area contributed by atoms with Crippen LogP contribution in [-0.4, -0.2) is 8.42 Å². The van der Waals surface area contributed by atoms with Crippen LogP contribution in [-0.2, 0) is 15.6 Å². The van der Waals surface area contributed by atoms with Crippen molar-refractivity contribution in [3.05, 3.63) is 58.1 Å². The maximum absolute atomic E-state index is 12.3. The van der Waals surface area contributed by atoms with Gasteiger partial charge in [-0.3, -0.25) is 0 Å². The van der Waals surface area contributed by atoms with Gasteiger partial charge in [0.25, 0.3) is 0 Å². The monoisotopic (exact) mass is 315 g/mol. The molecule has 0 unspecified atom stereocenters. The number of rotatable bonds is 3. The van der Waals surface area contributed by atoms with Crippen LogP contribution in [0.4, 0.5) is 5.69 Å². The smallest absolute Gasteiger partial charge is 0.184 e. The van der Waals surface area contributed by atoms with Crippen LogP contribution in [0.1, 0.15) is 5.56 Å². The molecule has 0 amide bonds. The summed E-state index contributed by atoms with van der Waals surface area (Å²) >= 11 is 11.9. The number of sulfone groups is 1. The molecule has 0 aliphatic rings. The van der Waals surface area contributed by atoms with Gasteiger partial charge in [0, 0.05) is 10.7 Å². The maximum Gasteiger partial charge on any atom is 0.184 e. The average molecular weight is 316 g/mol. The highest BCUT2D eigenvalue weighted by Crippen LogP contribution is 2.28. The highest BCUT2D eigenvalue weighted by molar-refractivity contribution is 7.90. The molecule has 6 heteroatoms. The molecule has 0 aliphatic carbocycles. The molecule has 3 nitrogen and oxygen atoms in total. The van der Waals surface area contributed by atoms with E-state index in [0.29, 0.717) is 16.3 Å². The van der Waals surface area contributed by atoms with E-state index in [1.54, 1.807) is 24.3 Å². The van der Waals surface area contributed by atoms with Gasteiger partial charge < -0.3 is 5.73 Å². The Morgan fingerprint density at radius 3 is 2.32 bits per heavy atom. The van der Waals surface area contributed by atoms with Crippen LogP contribution >= 0.6 is 23.2 Å². The molecule has 0 saturated carbocycles. The lowest BCUT2D eigenvalue weighted by Gasteiger charge is -2.08. The molecule has 0 aromatic heterocycles. The SMILES string of the molecule is Nc1ccc(S(=O)(=O)Cc2ccccc2Cl)c(Cl)c1. The van der Waals surface area contributed by atoms with E-state index in [-0.39, 0.29) is 15.7 Å². The van der Waals surface area contributed by atoms with E-state index < -0.39 is 9.84 Å². The summed E-state index contributed by atoms with van der Waals surface area (Å²) < 4.78 is 24.6. The van der Waals surface area contributed by atoms with E-state index in [4.69, 9.17) is 28.9 Å². The van der Waals surface area contributed by atoms with E-state index in [2.05, 4.69) is 0 Å². The van der Waals surface area contributed by atoms with Crippen molar-refractivity contribution >= 4 is 38.7 Å². The van der Waals surface area contributed by atoms with Gasteiger partial charge in [-0.25, -0.2) is 8.42 Å². The van der Waals surface area contributed by atoms with Crippen molar-refractivity contribution in [3.8, 4) is 0 Å². The summed E-state index contributed by atoms with van der Waals surface area (Å²) in [4.78, 5) is 0.0586. The summed E-state index contributed by atoms with van der Waals surface area (Å²) in [5.74, 6) is -0.198. The number of hydrogen-bond donors (Lipinski definition) is 1. The summed E-state index contributed by atoms with van der Waals surface area (Å²) in [7, 11) is -3.56. The molecule has 0 spiro atoms. The Hall–Kier alpha value is -1.23. The molecule has 0 radical (unpaired) electrons. The summed E-state index contributed by atoms with van der Waals surface area (Å²) in [6.45, 7) is 0. The highest BCUT2D eigenvalue weighted by atomic mass is 35.5. The second-order valence-electron chi connectivity index (χ2n) is 4.04. The van der Waals surface area contributed by atoms with Crippen LogP contribution in [0.5, 0.6) is 0 Å². The molecule has 2 aromatic rings. The fourth-order valence-electron chi connectivity index (χ4n) is 1.67. The van der Waals surface area contributed by atoms with Gasteiger partial charge in [-0.1, -0.05) is 41.4 Å². The average Bonchev–Trinajstić information content (AvgIpc) is 2.31. The van der Waals surface area contributed by atoms with Gasteiger partial charge in [0.2, 0.25) is 0 Å². The summed E-state index contributed by atoms with van der Waals surface area (Å²) in [5.41, 5.74) is 6.50. The van der Waals surface area contributed by atoms with Crippen molar-refractivity contribution in [1.82, 2.24) is 0 Å². The van der Waals surface area contributed by atoms with Crippen molar-refractivity contribution in [1.29, 1.82) is 0 Å². The molecule has 0 bridgehead atoms. The van der Waals surface area contributed by atoms with Gasteiger partial charge in [0.05, 0.1) is 15.7 Å². The van der Waals surface area contributed by atoms with Crippen molar-refractivity contribution in [2.75, 3.05) is 5.73 Å².